The first-order chi connectivity index (χ1) is 15.2. The summed E-state index contributed by atoms with van der Waals surface area (Å²) in [5.74, 6) is -1.92. The quantitative estimate of drug-likeness (QED) is 0.560. The van der Waals surface area contributed by atoms with Gasteiger partial charge in [-0.25, -0.2) is 9.18 Å². The minimum absolute atomic E-state index is 0. The maximum Gasteiger partial charge on any atom is 0.341 e. The van der Waals surface area contributed by atoms with Gasteiger partial charge in [-0.1, -0.05) is 13.3 Å². The number of pyridine rings is 2. The number of nitrogens with one attached hydrogen (secondary N) is 1. The Morgan fingerprint density at radius 2 is 2.03 bits per heavy atom. The third kappa shape index (κ3) is 4.70. The number of nitrogens with zero attached hydrogens (tertiary/aromatic N) is 2. The highest BCUT2D eigenvalue weighted by molar-refractivity contribution is 5.89. The number of amides is 1. The van der Waals surface area contributed by atoms with Gasteiger partial charge in [0.1, 0.15) is 5.56 Å². The van der Waals surface area contributed by atoms with Gasteiger partial charge in [0.05, 0.1) is 23.4 Å². The summed E-state index contributed by atoms with van der Waals surface area (Å²) in [6.45, 7) is 4.73. The highest BCUT2D eigenvalue weighted by Crippen LogP contribution is 2.44. The summed E-state index contributed by atoms with van der Waals surface area (Å²) >= 11 is 0. The van der Waals surface area contributed by atoms with E-state index in [0.717, 1.165) is 35.4 Å². The Morgan fingerprint density at radius 3 is 2.64 bits per heavy atom. The molecule has 0 unspecified atom stereocenters. The van der Waals surface area contributed by atoms with Crippen molar-refractivity contribution in [3.63, 3.8) is 0 Å². The number of fused-ring (bicyclic) bond motifs is 1. The van der Waals surface area contributed by atoms with Crippen molar-refractivity contribution in [3.8, 4) is 0 Å². The monoisotopic (exact) mass is 480 g/mol. The SMILES string of the molecule is CCC[C@H](N)C(=O)N[C@H]1CCN(c2c(F)cn3c(=O)c(C(=O)O)cc(C4CC4)c3c2C)C1.Cl. The van der Waals surface area contributed by atoms with Crippen LogP contribution in [0.3, 0.4) is 0 Å². The standard InChI is InChI=1S/C23H29FN4O4.ClH/c1-3-4-18(25)21(29)26-14-7-8-27(10-14)20-12(2)19-15(13-5-6-13)9-16(23(31)32)22(30)28(19)11-17(20)24;/h9,11,13-14,18H,3-8,10,25H2,1-2H3,(H,26,29)(H,31,32);1H/t14-,18-;/m0./s1. The highest BCUT2D eigenvalue weighted by Gasteiger charge is 2.33. The summed E-state index contributed by atoms with van der Waals surface area (Å²) in [6.07, 6.45) is 5.01. The van der Waals surface area contributed by atoms with Crippen molar-refractivity contribution in [2.45, 2.75) is 64.0 Å². The van der Waals surface area contributed by atoms with Crippen LogP contribution in [0.15, 0.2) is 17.1 Å². The number of carbonyl (C=O) groups excluding carboxylic acids is 1. The Balaban J connectivity index is 0.00000306. The van der Waals surface area contributed by atoms with E-state index < -0.39 is 23.4 Å². The number of rotatable bonds is 7. The Kier molecular flexibility index (Phi) is 7.33. The minimum Gasteiger partial charge on any atom is -0.477 e. The van der Waals surface area contributed by atoms with Crippen LogP contribution in [0.4, 0.5) is 10.1 Å². The molecule has 0 spiro atoms. The number of carboxylic acid groups (broad SMARTS) is 1. The summed E-state index contributed by atoms with van der Waals surface area (Å²) in [4.78, 5) is 38.5. The largest absolute Gasteiger partial charge is 0.477 e. The lowest BCUT2D eigenvalue weighted by Gasteiger charge is -2.24. The van der Waals surface area contributed by atoms with Crippen LogP contribution in [0, 0.1) is 12.7 Å². The molecule has 1 saturated carbocycles. The van der Waals surface area contributed by atoms with Crippen molar-refractivity contribution in [3.05, 3.63) is 45.1 Å². The molecule has 180 valence electrons. The van der Waals surface area contributed by atoms with Gasteiger partial charge in [0.25, 0.3) is 5.56 Å². The van der Waals surface area contributed by atoms with Gasteiger partial charge in [0, 0.05) is 19.1 Å². The molecule has 4 rings (SSSR count). The average Bonchev–Trinajstić information content (AvgIpc) is 3.48. The normalized spacial score (nSPS) is 18.8. The number of aromatic carboxylic acids is 1. The number of carbonyl (C=O) groups is 2. The van der Waals surface area contributed by atoms with Gasteiger partial charge in [-0.15, -0.1) is 12.4 Å². The molecule has 0 aromatic carbocycles. The van der Waals surface area contributed by atoms with Gasteiger partial charge >= 0.3 is 5.97 Å². The van der Waals surface area contributed by atoms with Crippen LogP contribution in [-0.4, -0.2) is 46.6 Å². The minimum atomic E-state index is -1.31. The van der Waals surface area contributed by atoms with Crippen LogP contribution in [0.1, 0.15) is 66.4 Å². The number of aromatic nitrogens is 1. The molecule has 10 heteroatoms. The van der Waals surface area contributed by atoms with Crippen molar-refractivity contribution in [1.82, 2.24) is 9.72 Å². The first-order valence-electron chi connectivity index (χ1n) is 11.2. The topological polar surface area (TPSA) is 117 Å². The second-order valence-electron chi connectivity index (χ2n) is 8.90. The van der Waals surface area contributed by atoms with Crippen LogP contribution >= 0.6 is 12.4 Å². The van der Waals surface area contributed by atoms with Crippen molar-refractivity contribution >= 4 is 35.5 Å². The van der Waals surface area contributed by atoms with Gasteiger partial charge in [-0.2, -0.15) is 0 Å². The van der Waals surface area contributed by atoms with Crippen molar-refractivity contribution in [2.75, 3.05) is 18.0 Å². The van der Waals surface area contributed by atoms with Crippen LogP contribution < -0.4 is 21.5 Å². The number of carboxylic acids is 1. The van der Waals surface area contributed by atoms with E-state index in [1.54, 1.807) is 6.92 Å². The van der Waals surface area contributed by atoms with E-state index in [2.05, 4.69) is 5.32 Å². The van der Waals surface area contributed by atoms with E-state index in [1.165, 1.54) is 6.07 Å². The first-order valence-corrected chi connectivity index (χ1v) is 11.2. The van der Waals surface area contributed by atoms with Crippen molar-refractivity contribution < 1.29 is 19.1 Å². The lowest BCUT2D eigenvalue weighted by atomic mass is 10.0. The number of hydrogen-bond donors (Lipinski definition) is 3. The van der Waals surface area contributed by atoms with E-state index in [0.29, 0.717) is 42.7 Å². The van der Waals surface area contributed by atoms with Crippen molar-refractivity contribution in [2.24, 2.45) is 5.73 Å². The Labute approximate surface area is 197 Å². The zero-order chi connectivity index (χ0) is 23.2. The van der Waals surface area contributed by atoms with Gasteiger partial charge in [-0.05, 0) is 55.7 Å². The number of nitrogens with two attached hydrogens (primary N) is 1. The molecule has 2 aromatic heterocycles. The molecule has 1 aliphatic heterocycles. The van der Waals surface area contributed by atoms with Crippen LogP contribution in [0.25, 0.3) is 5.52 Å². The van der Waals surface area contributed by atoms with Gasteiger partial charge in [-0.3, -0.25) is 14.0 Å². The molecule has 33 heavy (non-hydrogen) atoms. The zero-order valence-electron chi connectivity index (χ0n) is 18.8. The predicted molar refractivity (Wildman–Crippen MR) is 126 cm³/mol. The fourth-order valence-electron chi connectivity index (χ4n) is 4.72. The fourth-order valence-corrected chi connectivity index (χ4v) is 4.72. The lowest BCUT2D eigenvalue weighted by molar-refractivity contribution is -0.123. The molecule has 1 amide bonds. The summed E-state index contributed by atoms with van der Waals surface area (Å²) in [5.41, 5.74) is 7.18. The molecule has 2 aliphatic rings. The van der Waals surface area contributed by atoms with Crippen LogP contribution in [0.5, 0.6) is 0 Å². The maximum atomic E-state index is 15.3. The number of anilines is 1. The smallest absolute Gasteiger partial charge is 0.341 e. The molecule has 4 N–H and O–H groups in total. The van der Waals surface area contributed by atoms with Crippen LogP contribution in [-0.2, 0) is 4.79 Å². The molecule has 1 saturated heterocycles. The van der Waals surface area contributed by atoms with Crippen LogP contribution in [0.2, 0.25) is 0 Å². The third-order valence-corrected chi connectivity index (χ3v) is 6.48. The second kappa shape index (κ2) is 9.69. The second-order valence-corrected chi connectivity index (χ2v) is 8.90. The molecule has 0 bridgehead atoms. The van der Waals surface area contributed by atoms with E-state index >= 15 is 4.39 Å². The molecular weight excluding hydrogens is 451 g/mol. The van der Waals surface area contributed by atoms with E-state index in [9.17, 15) is 19.5 Å². The highest BCUT2D eigenvalue weighted by atomic mass is 35.5. The maximum absolute atomic E-state index is 15.3. The van der Waals surface area contributed by atoms with Gasteiger partial charge in [0.2, 0.25) is 5.91 Å². The summed E-state index contributed by atoms with van der Waals surface area (Å²) < 4.78 is 16.4. The molecule has 2 atom stereocenters. The molecule has 1 aliphatic carbocycles. The Morgan fingerprint density at radius 1 is 1.33 bits per heavy atom. The van der Waals surface area contributed by atoms with Crippen molar-refractivity contribution in [1.29, 1.82) is 0 Å². The van der Waals surface area contributed by atoms with Gasteiger partial charge in [0.15, 0.2) is 5.82 Å². The molecular formula is C23H30ClFN4O4. The molecule has 2 fully saturated rings. The zero-order valence-corrected chi connectivity index (χ0v) is 19.6. The molecule has 2 aromatic rings. The van der Waals surface area contributed by atoms with E-state index in [1.807, 2.05) is 11.8 Å². The first kappa shape index (κ1) is 25.0. The van der Waals surface area contributed by atoms with E-state index in [4.69, 9.17) is 5.73 Å². The molecule has 0 radical (unpaired) electrons. The number of hydrogen-bond acceptors (Lipinski definition) is 5. The average molecular weight is 481 g/mol. The summed E-state index contributed by atoms with van der Waals surface area (Å²) in [6, 6.07) is 0.763. The number of aryl methyl sites for hydroxylation is 1. The molecule has 8 nitrogen and oxygen atoms in total. The van der Waals surface area contributed by atoms with Gasteiger partial charge < -0.3 is 21.1 Å². The summed E-state index contributed by atoms with van der Waals surface area (Å²) in [5, 5.41) is 12.4. The Bertz CT molecular complexity index is 1150. The Hall–Kier alpha value is -2.65. The fraction of sp³-hybridized carbons (Fsp3) is 0.522. The summed E-state index contributed by atoms with van der Waals surface area (Å²) in [7, 11) is 0. The van der Waals surface area contributed by atoms with E-state index in [-0.39, 0.29) is 35.8 Å². The third-order valence-electron chi connectivity index (χ3n) is 6.48. The predicted octanol–water partition coefficient (Wildman–Crippen LogP) is 2.57. The lowest BCUT2D eigenvalue weighted by Crippen LogP contribution is -2.46. The molecule has 3 heterocycles. The number of halogens is 2.